The lowest BCUT2D eigenvalue weighted by atomic mass is 10.1. The van der Waals surface area contributed by atoms with Crippen molar-refractivity contribution in [2.75, 3.05) is 14.2 Å². The summed E-state index contributed by atoms with van der Waals surface area (Å²) in [5.41, 5.74) is 2.66. The number of carbonyl (C=O) groups excluding carboxylic acids is 2. The minimum atomic E-state index is -0.565. The minimum absolute atomic E-state index is 0.00709. The first-order valence-electron chi connectivity index (χ1n) is 8.03. The molecule has 2 aliphatic rings. The number of carbonyl (C=O) groups is 2. The molecule has 9 nitrogen and oxygen atoms in total. The number of amides is 2. The molecule has 2 amide bonds. The molecule has 9 heteroatoms. The van der Waals surface area contributed by atoms with Gasteiger partial charge >= 0.3 is 5.69 Å². The van der Waals surface area contributed by atoms with Gasteiger partial charge in [-0.3, -0.25) is 19.7 Å². The number of nitro groups is 1. The summed E-state index contributed by atoms with van der Waals surface area (Å²) in [6.07, 6.45) is 0. The molecular weight excluding hydrogens is 354 g/mol. The average molecular weight is 371 g/mol. The smallest absolute Gasteiger partial charge is 0.311 e. The highest BCUT2D eigenvalue weighted by Gasteiger charge is 2.26. The Morgan fingerprint density at radius 1 is 0.926 bits per heavy atom. The van der Waals surface area contributed by atoms with Crippen molar-refractivity contribution in [2.24, 2.45) is 0 Å². The predicted octanol–water partition coefficient (Wildman–Crippen LogP) is 1.79. The van der Waals surface area contributed by atoms with Gasteiger partial charge < -0.3 is 20.1 Å². The van der Waals surface area contributed by atoms with E-state index in [1.165, 1.54) is 19.2 Å². The van der Waals surface area contributed by atoms with E-state index in [1.807, 2.05) is 6.07 Å². The topological polar surface area (TPSA) is 120 Å². The molecule has 0 unspecified atom stereocenters. The fourth-order valence-corrected chi connectivity index (χ4v) is 2.88. The molecule has 2 N–H and O–H groups in total. The fraction of sp³-hybridized carbons (Fsp3) is 0.222. The van der Waals surface area contributed by atoms with Crippen LogP contribution in [-0.2, 0) is 13.1 Å². The Morgan fingerprint density at radius 2 is 1.56 bits per heavy atom. The molecule has 0 bridgehead atoms. The maximum absolute atomic E-state index is 11.3. The minimum Gasteiger partial charge on any atom is -0.497 e. The third-order valence-electron chi connectivity index (χ3n) is 4.28. The van der Waals surface area contributed by atoms with E-state index in [4.69, 9.17) is 9.47 Å². The summed E-state index contributed by atoms with van der Waals surface area (Å²) < 4.78 is 9.92. The van der Waals surface area contributed by atoms with Crippen LogP contribution in [0.4, 0.5) is 5.69 Å². The summed E-state index contributed by atoms with van der Waals surface area (Å²) in [6, 6.07) is 8.23. The third-order valence-corrected chi connectivity index (χ3v) is 4.28. The Morgan fingerprint density at radius 3 is 2.15 bits per heavy atom. The molecule has 2 heterocycles. The molecule has 2 aromatic rings. The number of fused-ring (bicyclic) bond motifs is 2. The zero-order valence-corrected chi connectivity index (χ0v) is 14.7. The fourth-order valence-electron chi connectivity index (χ4n) is 2.88. The van der Waals surface area contributed by atoms with Crippen molar-refractivity contribution < 1.29 is 24.0 Å². The van der Waals surface area contributed by atoms with Gasteiger partial charge in [-0.15, -0.1) is 0 Å². The van der Waals surface area contributed by atoms with Gasteiger partial charge in [-0.25, -0.2) is 0 Å². The van der Waals surface area contributed by atoms with Crippen molar-refractivity contribution in [3.8, 4) is 11.5 Å². The van der Waals surface area contributed by atoms with Crippen LogP contribution in [0.5, 0.6) is 11.5 Å². The lowest BCUT2D eigenvalue weighted by molar-refractivity contribution is -0.385. The monoisotopic (exact) mass is 371 g/mol. The van der Waals surface area contributed by atoms with Crippen molar-refractivity contribution >= 4 is 17.5 Å². The zero-order chi connectivity index (χ0) is 19.6. The van der Waals surface area contributed by atoms with Crippen LogP contribution in [0.25, 0.3) is 0 Å². The Kier molecular flexibility index (Phi) is 4.93. The second-order valence-electron chi connectivity index (χ2n) is 5.83. The number of methoxy groups -OCH3 is 2. The molecule has 0 aromatic heterocycles. The number of nitrogens with zero attached hydrogens (tertiary/aromatic N) is 1. The number of nitro benzene ring substituents is 1. The van der Waals surface area contributed by atoms with Gasteiger partial charge in [0.05, 0.1) is 24.7 Å². The number of benzene rings is 2. The van der Waals surface area contributed by atoms with Crippen LogP contribution in [0.15, 0.2) is 30.3 Å². The summed E-state index contributed by atoms with van der Waals surface area (Å²) in [5, 5.41) is 16.0. The maximum atomic E-state index is 11.3. The number of ether oxygens (including phenoxy) is 2. The summed E-state index contributed by atoms with van der Waals surface area (Å²) in [6.45, 7) is 1.01. The highest BCUT2D eigenvalue weighted by atomic mass is 16.6. The molecule has 27 heavy (non-hydrogen) atoms. The van der Waals surface area contributed by atoms with Crippen LogP contribution in [0.1, 0.15) is 31.8 Å². The molecule has 0 radical (unpaired) electrons. The van der Waals surface area contributed by atoms with Crippen LogP contribution in [0.2, 0.25) is 0 Å². The second kappa shape index (κ2) is 7.32. The van der Waals surface area contributed by atoms with E-state index in [0.717, 1.165) is 22.4 Å². The van der Waals surface area contributed by atoms with E-state index in [0.29, 0.717) is 18.7 Å². The van der Waals surface area contributed by atoms with Gasteiger partial charge in [-0.05, 0) is 35.4 Å². The molecule has 2 aliphatic heterocycles. The van der Waals surface area contributed by atoms with Crippen molar-refractivity contribution in [3.63, 3.8) is 0 Å². The van der Waals surface area contributed by atoms with E-state index >= 15 is 0 Å². The van der Waals surface area contributed by atoms with Crippen LogP contribution >= 0.6 is 0 Å². The SMILES string of the molecule is COc1cc2c(cc1[N+](=O)[O-])C(=O)NC2.COc1ccc2c(c1)CNC2=O. The molecule has 0 aliphatic carbocycles. The lowest BCUT2D eigenvalue weighted by Crippen LogP contribution is -2.12. The van der Waals surface area contributed by atoms with E-state index in [1.54, 1.807) is 19.2 Å². The van der Waals surface area contributed by atoms with Gasteiger partial charge in [0.15, 0.2) is 5.75 Å². The predicted molar refractivity (Wildman–Crippen MR) is 95.0 cm³/mol. The summed E-state index contributed by atoms with van der Waals surface area (Å²) in [7, 11) is 2.98. The van der Waals surface area contributed by atoms with Crippen LogP contribution < -0.4 is 20.1 Å². The van der Waals surface area contributed by atoms with Crippen molar-refractivity contribution in [1.29, 1.82) is 0 Å². The Hall–Kier alpha value is -3.62. The van der Waals surface area contributed by atoms with E-state index in [2.05, 4.69) is 10.6 Å². The summed E-state index contributed by atoms with van der Waals surface area (Å²) >= 11 is 0. The van der Waals surface area contributed by atoms with E-state index in [9.17, 15) is 19.7 Å². The van der Waals surface area contributed by atoms with Crippen LogP contribution in [0, 0.1) is 10.1 Å². The first-order chi connectivity index (χ1) is 12.9. The molecule has 4 rings (SSSR count). The first-order valence-corrected chi connectivity index (χ1v) is 8.03. The molecule has 2 aromatic carbocycles. The highest BCUT2D eigenvalue weighted by Crippen LogP contribution is 2.32. The second-order valence-corrected chi connectivity index (χ2v) is 5.83. The number of rotatable bonds is 3. The summed E-state index contributed by atoms with van der Waals surface area (Å²) in [4.78, 5) is 32.5. The third kappa shape index (κ3) is 3.52. The molecule has 140 valence electrons. The molecule has 0 fully saturated rings. The molecule has 0 spiro atoms. The largest absolute Gasteiger partial charge is 0.497 e. The standard InChI is InChI=1S/C9H8N2O4.C9H9NO2/c1-15-8-2-5-4-10-9(12)6(5)3-7(8)11(13)14;1-12-7-2-3-8-6(4-7)5-10-9(8)11/h2-3H,4H2,1H3,(H,10,12);2-4H,5H2,1H3,(H,10,11). The summed E-state index contributed by atoms with van der Waals surface area (Å²) in [5.74, 6) is 0.698. The van der Waals surface area contributed by atoms with Gasteiger partial charge in [0, 0.05) is 24.7 Å². The first kappa shape index (κ1) is 18.2. The lowest BCUT2D eigenvalue weighted by Gasteiger charge is -2.03. The Labute approximate surface area is 154 Å². The van der Waals surface area contributed by atoms with Crippen LogP contribution in [0.3, 0.4) is 0 Å². The van der Waals surface area contributed by atoms with Gasteiger partial charge in [0.1, 0.15) is 5.75 Å². The quantitative estimate of drug-likeness (QED) is 0.627. The van der Waals surface area contributed by atoms with Gasteiger partial charge in [0.2, 0.25) is 0 Å². The number of hydrogen-bond acceptors (Lipinski definition) is 6. The van der Waals surface area contributed by atoms with Gasteiger partial charge in [-0.2, -0.15) is 0 Å². The average Bonchev–Trinajstić information content (AvgIpc) is 3.23. The maximum Gasteiger partial charge on any atom is 0.311 e. The number of nitrogens with one attached hydrogen (secondary N) is 2. The van der Waals surface area contributed by atoms with Crippen molar-refractivity contribution in [2.45, 2.75) is 13.1 Å². The molecule has 0 saturated carbocycles. The molecular formula is C18H17N3O6. The normalized spacial score (nSPS) is 13.6. The van der Waals surface area contributed by atoms with E-state index < -0.39 is 4.92 Å². The van der Waals surface area contributed by atoms with Crippen LogP contribution in [-0.4, -0.2) is 31.0 Å². The van der Waals surface area contributed by atoms with Gasteiger partial charge in [0.25, 0.3) is 11.8 Å². The number of hydrogen-bond donors (Lipinski definition) is 2. The van der Waals surface area contributed by atoms with Crippen molar-refractivity contribution in [3.05, 3.63) is 62.7 Å². The van der Waals surface area contributed by atoms with Gasteiger partial charge in [-0.1, -0.05) is 0 Å². The Bertz CT molecular complexity index is 941. The van der Waals surface area contributed by atoms with Crippen molar-refractivity contribution in [1.82, 2.24) is 10.6 Å². The molecule has 0 atom stereocenters. The van der Waals surface area contributed by atoms with E-state index in [-0.39, 0.29) is 23.3 Å². The highest BCUT2D eigenvalue weighted by molar-refractivity contribution is 5.99. The Balaban J connectivity index is 0.000000159. The zero-order valence-electron chi connectivity index (χ0n) is 14.7. The molecule has 0 saturated heterocycles.